The number of rotatable bonds is 8. The smallest absolute Gasteiger partial charge is 0.306 e. The Kier molecular flexibility index (Phi) is 7.76. The van der Waals surface area contributed by atoms with E-state index in [2.05, 4.69) is 21.2 Å². The summed E-state index contributed by atoms with van der Waals surface area (Å²) in [5.74, 6) is -0.272. The predicted octanol–water partition coefficient (Wildman–Crippen LogP) is 4.44. The van der Waals surface area contributed by atoms with Gasteiger partial charge in [-0.05, 0) is 36.8 Å². The summed E-state index contributed by atoms with van der Waals surface area (Å²) in [6, 6.07) is 14.3. The van der Waals surface area contributed by atoms with Crippen molar-refractivity contribution in [1.82, 2.24) is 0 Å². The number of halogens is 2. The van der Waals surface area contributed by atoms with Gasteiger partial charge in [-0.1, -0.05) is 45.7 Å². The van der Waals surface area contributed by atoms with E-state index >= 15 is 0 Å². The molecule has 0 saturated carbocycles. The number of ether oxygens (including phenoxy) is 2. The molecule has 0 aliphatic carbocycles. The SMILES string of the molecule is O=C(COC(=O)CCCOc1ccc(Br)cc1Cl)Nc1ccccc1. The first-order valence-corrected chi connectivity index (χ1v) is 8.80. The van der Waals surface area contributed by atoms with Crippen molar-refractivity contribution in [3.8, 4) is 5.75 Å². The van der Waals surface area contributed by atoms with Crippen LogP contribution in [0.4, 0.5) is 5.69 Å². The van der Waals surface area contributed by atoms with Crippen LogP contribution in [0.3, 0.4) is 0 Å². The van der Waals surface area contributed by atoms with Gasteiger partial charge in [0.15, 0.2) is 6.61 Å². The molecule has 25 heavy (non-hydrogen) atoms. The van der Waals surface area contributed by atoms with E-state index in [1.165, 1.54) is 0 Å². The first kappa shape index (κ1) is 19.3. The van der Waals surface area contributed by atoms with Crippen LogP contribution < -0.4 is 10.1 Å². The number of hydrogen-bond donors (Lipinski definition) is 1. The molecule has 0 aromatic heterocycles. The fraction of sp³-hybridized carbons (Fsp3) is 0.222. The first-order valence-electron chi connectivity index (χ1n) is 7.63. The van der Waals surface area contributed by atoms with Gasteiger partial charge >= 0.3 is 5.97 Å². The lowest BCUT2D eigenvalue weighted by Crippen LogP contribution is -2.21. The van der Waals surface area contributed by atoms with Crippen molar-refractivity contribution in [3.63, 3.8) is 0 Å². The van der Waals surface area contributed by atoms with Crippen LogP contribution in [-0.2, 0) is 14.3 Å². The minimum Gasteiger partial charge on any atom is -0.492 e. The van der Waals surface area contributed by atoms with E-state index in [-0.39, 0.29) is 18.9 Å². The number of benzene rings is 2. The molecule has 0 bridgehead atoms. The number of para-hydroxylation sites is 1. The van der Waals surface area contributed by atoms with Crippen molar-refractivity contribution in [2.24, 2.45) is 0 Å². The predicted molar refractivity (Wildman–Crippen MR) is 99.9 cm³/mol. The molecule has 2 aromatic carbocycles. The fourth-order valence-electron chi connectivity index (χ4n) is 1.93. The van der Waals surface area contributed by atoms with Crippen LogP contribution in [0.5, 0.6) is 5.75 Å². The quantitative estimate of drug-likeness (QED) is 0.500. The van der Waals surface area contributed by atoms with Gasteiger partial charge in [0.05, 0.1) is 11.6 Å². The van der Waals surface area contributed by atoms with Crippen molar-refractivity contribution in [2.75, 3.05) is 18.5 Å². The third-order valence-corrected chi connectivity index (χ3v) is 3.89. The Morgan fingerprint density at radius 3 is 2.60 bits per heavy atom. The lowest BCUT2D eigenvalue weighted by molar-refractivity contribution is -0.147. The summed E-state index contributed by atoms with van der Waals surface area (Å²) in [7, 11) is 0. The average Bonchev–Trinajstić information content (AvgIpc) is 2.59. The molecule has 0 heterocycles. The molecule has 0 radical (unpaired) electrons. The number of anilines is 1. The molecule has 0 atom stereocenters. The van der Waals surface area contributed by atoms with Gasteiger partial charge < -0.3 is 14.8 Å². The molecular weight excluding hydrogens is 410 g/mol. The van der Waals surface area contributed by atoms with Gasteiger partial charge in [-0.2, -0.15) is 0 Å². The zero-order valence-electron chi connectivity index (χ0n) is 13.3. The minimum atomic E-state index is -0.450. The zero-order chi connectivity index (χ0) is 18.1. The molecule has 0 aliphatic heterocycles. The Bertz CT molecular complexity index is 724. The molecule has 132 valence electrons. The molecule has 7 heteroatoms. The third-order valence-electron chi connectivity index (χ3n) is 3.10. The van der Waals surface area contributed by atoms with Crippen molar-refractivity contribution in [2.45, 2.75) is 12.8 Å². The van der Waals surface area contributed by atoms with Gasteiger partial charge in [0.1, 0.15) is 5.75 Å². The molecule has 0 spiro atoms. The highest BCUT2D eigenvalue weighted by Gasteiger charge is 2.08. The summed E-state index contributed by atoms with van der Waals surface area (Å²) in [6.07, 6.45) is 0.623. The molecule has 0 saturated heterocycles. The van der Waals surface area contributed by atoms with E-state index in [1.54, 1.807) is 36.4 Å². The Morgan fingerprint density at radius 1 is 1.12 bits per heavy atom. The normalized spacial score (nSPS) is 10.2. The van der Waals surface area contributed by atoms with E-state index in [0.717, 1.165) is 4.47 Å². The Hall–Kier alpha value is -2.05. The Morgan fingerprint density at radius 2 is 1.88 bits per heavy atom. The number of amides is 1. The summed E-state index contributed by atoms with van der Waals surface area (Å²) < 4.78 is 11.3. The zero-order valence-corrected chi connectivity index (χ0v) is 15.7. The minimum absolute atomic E-state index is 0.159. The molecule has 0 fully saturated rings. The summed E-state index contributed by atoms with van der Waals surface area (Å²) >= 11 is 9.34. The summed E-state index contributed by atoms with van der Waals surface area (Å²) in [6.45, 7) is 0.0137. The monoisotopic (exact) mass is 425 g/mol. The van der Waals surface area contributed by atoms with Crippen molar-refractivity contribution in [1.29, 1.82) is 0 Å². The maximum absolute atomic E-state index is 11.7. The van der Waals surface area contributed by atoms with E-state index in [9.17, 15) is 9.59 Å². The van der Waals surface area contributed by atoms with Crippen LogP contribution in [0.15, 0.2) is 53.0 Å². The largest absolute Gasteiger partial charge is 0.492 e. The van der Waals surface area contributed by atoms with Crippen LogP contribution in [0.1, 0.15) is 12.8 Å². The molecule has 5 nitrogen and oxygen atoms in total. The van der Waals surface area contributed by atoms with Gasteiger partial charge in [-0.3, -0.25) is 9.59 Å². The highest BCUT2D eigenvalue weighted by atomic mass is 79.9. The second kappa shape index (κ2) is 10.1. The molecule has 1 amide bonds. The summed E-state index contributed by atoms with van der Waals surface area (Å²) in [5.41, 5.74) is 0.656. The van der Waals surface area contributed by atoms with Crippen LogP contribution >= 0.6 is 27.5 Å². The lowest BCUT2D eigenvalue weighted by atomic mass is 10.3. The third kappa shape index (κ3) is 7.15. The van der Waals surface area contributed by atoms with E-state index in [0.29, 0.717) is 29.5 Å². The maximum Gasteiger partial charge on any atom is 0.306 e. The van der Waals surface area contributed by atoms with Crippen molar-refractivity contribution >= 4 is 45.1 Å². The number of esters is 1. The van der Waals surface area contributed by atoms with Gasteiger partial charge in [0, 0.05) is 16.6 Å². The van der Waals surface area contributed by atoms with Crippen molar-refractivity contribution < 1.29 is 19.1 Å². The molecule has 1 N–H and O–H groups in total. The number of hydrogen-bond acceptors (Lipinski definition) is 4. The molecule has 2 aromatic rings. The standard InChI is InChI=1S/C18H17BrClNO4/c19-13-8-9-16(15(20)11-13)24-10-4-7-18(23)25-12-17(22)21-14-5-2-1-3-6-14/h1-3,5-6,8-9,11H,4,7,10,12H2,(H,21,22). The molecular formula is C18H17BrClNO4. The van der Waals surface area contributed by atoms with E-state index in [1.807, 2.05) is 12.1 Å². The topological polar surface area (TPSA) is 64.6 Å². The first-order chi connectivity index (χ1) is 12.0. The van der Waals surface area contributed by atoms with Gasteiger partial charge in [-0.25, -0.2) is 0 Å². The van der Waals surface area contributed by atoms with Gasteiger partial charge in [-0.15, -0.1) is 0 Å². The highest BCUT2D eigenvalue weighted by Crippen LogP contribution is 2.27. The number of nitrogens with one attached hydrogen (secondary N) is 1. The van der Waals surface area contributed by atoms with Crippen LogP contribution in [0.2, 0.25) is 5.02 Å². The van der Waals surface area contributed by atoms with Crippen LogP contribution in [0, 0.1) is 0 Å². The maximum atomic E-state index is 11.7. The Labute approximate surface area is 159 Å². The average molecular weight is 427 g/mol. The second-order valence-corrected chi connectivity index (χ2v) is 6.42. The van der Waals surface area contributed by atoms with Gasteiger partial charge in [0.25, 0.3) is 5.91 Å². The summed E-state index contributed by atoms with van der Waals surface area (Å²) in [4.78, 5) is 23.3. The number of carbonyl (C=O) groups excluding carboxylic acids is 2. The van der Waals surface area contributed by atoms with Crippen LogP contribution in [0.25, 0.3) is 0 Å². The van der Waals surface area contributed by atoms with E-state index < -0.39 is 5.97 Å². The summed E-state index contributed by atoms with van der Waals surface area (Å²) in [5, 5.41) is 3.13. The molecule has 0 unspecified atom stereocenters. The van der Waals surface area contributed by atoms with Crippen molar-refractivity contribution in [3.05, 3.63) is 58.0 Å². The molecule has 0 aliphatic rings. The lowest BCUT2D eigenvalue weighted by Gasteiger charge is -2.09. The highest BCUT2D eigenvalue weighted by molar-refractivity contribution is 9.10. The molecule has 2 rings (SSSR count). The van der Waals surface area contributed by atoms with Gasteiger partial charge in [0.2, 0.25) is 0 Å². The number of carbonyl (C=O) groups is 2. The van der Waals surface area contributed by atoms with Crippen LogP contribution in [-0.4, -0.2) is 25.1 Å². The second-order valence-electron chi connectivity index (χ2n) is 5.10. The Balaban J connectivity index is 1.61. The van der Waals surface area contributed by atoms with E-state index in [4.69, 9.17) is 21.1 Å². The fourth-order valence-corrected chi connectivity index (χ4v) is 2.66.